The lowest BCUT2D eigenvalue weighted by Gasteiger charge is -2.26. The Bertz CT molecular complexity index is 1280. The highest BCUT2D eigenvalue weighted by atomic mass is 16.6. The number of aliphatic hydroxyl groups excluding tert-OH is 1. The Morgan fingerprint density at radius 2 is 1.82 bits per heavy atom. The molecule has 4 rings (SSSR count). The number of cyclic esters (lactones) is 1. The van der Waals surface area contributed by atoms with E-state index in [2.05, 4.69) is 0 Å². The molecule has 38 heavy (non-hydrogen) atoms. The largest absolute Gasteiger partial charge is 0.457 e. The van der Waals surface area contributed by atoms with Crippen molar-refractivity contribution in [3.8, 4) is 11.1 Å². The molecule has 1 aliphatic rings. The highest BCUT2D eigenvalue weighted by Gasteiger charge is 2.44. The van der Waals surface area contributed by atoms with E-state index in [0.717, 1.165) is 27.2 Å². The fourth-order valence-corrected chi connectivity index (χ4v) is 4.85. The fraction of sp³-hybridized carbons (Fsp3) is 0.387. The van der Waals surface area contributed by atoms with Gasteiger partial charge in [-0.2, -0.15) is 0 Å². The summed E-state index contributed by atoms with van der Waals surface area (Å²) in [4.78, 5) is 41.5. The Kier molecular flexibility index (Phi) is 8.79. The minimum atomic E-state index is -1.15. The number of carbonyl (C=O) groups excluding carboxylic acids is 3. The Morgan fingerprint density at radius 3 is 2.50 bits per heavy atom. The van der Waals surface area contributed by atoms with Crippen LogP contribution in [0.1, 0.15) is 54.1 Å². The quantitative estimate of drug-likeness (QED) is 0.202. The maximum atomic E-state index is 14.0. The molecule has 0 unspecified atom stereocenters. The summed E-state index contributed by atoms with van der Waals surface area (Å²) in [7, 11) is 0. The van der Waals surface area contributed by atoms with E-state index >= 15 is 0 Å². The normalized spacial score (nSPS) is 16.1. The lowest BCUT2D eigenvalue weighted by molar-refractivity contribution is -0.132. The van der Waals surface area contributed by atoms with Crippen LogP contribution in [0.5, 0.6) is 0 Å². The van der Waals surface area contributed by atoms with Gasteiger partial charge in [0, 0.05) is 18.6 Å². The molecule has 2 amide bonds. The zero-order valence-electron chi connectivity index (χ0n) is 22.2. The zero-order chi connectivity index (χ0) is 27.2. The predicted octanol–water partition coefficient (Wildman–Crippen LogP) is 5.62. The second-order valence-corrected chi connectivity index (χ2v) is 10.2. The number of ether oxygens (including phenoxy) is 1. The number of hydrogen-bond donors (Lipinski definition) is 1. The summed E-state index contributed by atoms with van der Waals surface area (Å²) in [5.74, 6) is -1.49. The van der Waals surface area contributed by atoms with Crippen LogP contribution in [0.4, 0.5) is 4.79 Å². The van der Waals surface area contributed by atoms with E-state index in [1.807, 2.05) is 75.4 Å². The lowest BCUT2D eigenvalue weighted by Crippen LogP contribution is -2.47. The Morgan fingerprint density at radius 1 is 1.05 bits per heavy atom. The third kappa shape index (κ3) is 6.05. The number of Topliss-reactive ketones (excluding diaryl/α,β-unsaturated/α-hetero) is 1. The average molecular weight is 518 g/mol. The van der Waals surface area contributed by atoms with E-state index < -0.39 is 29.7 Å². The number of aryl methyl sites for hydroxylation is 2. The number of benzene rings is 2. The van der Waals surface area contributed by atoms with Gasteiger partial charge >= 0.3 is 6.09 Å². The number of furan rings is 1. The van der Waals surface area contributed by atoms with E-state index in [0.29, 0.717) is 25.0 Å². The molecule has 0 radical (unpaired) electrons. The summed E-state index contributed by atoms with van der Waals surface area (Å²) >= 11 is 0. The van der Waals surface area contributed by atoms with Gasteiger partial charge in [-0.3, -0.25) is 9.59 Å². The van der Waals surface area contributed by atoms with Crippen LogP contribution in [-0.4, -0.2) is 47.0 Å². The first-order valence-corrected chi connectivity index (χ1v) is 13.2. The molecule has 0 bridgehead atoms. The highest BCUT2D eigenvalue weighted by Crippen LogP contribution is 2.32. The van der Waals surface area contributed by atoms with Gasteiger partial charge in [0.2, 0.25) is 11.7 Å². The van der Waals surface area contributed by atoms with Crippen LogP contribution in [0.25, 0.3) is 11.1 Å². The number of rotatable bonds is 11. The van der Waals surface area contributed by atoms with Crippen LogP contribution in [0.2, 0.25) is 0 Å². The van der Waals surface area contributed by atoms with Gasteiger partial charge in [-0.05, 0) is 49.3 Å². The molecular weight excluding hydrogens is 482 g/mol. The number of imide groups is 1. The first-order chi connectivity index (χ1) is 18.3. The van der Waals surface area contributed by atoms with Crippen molar-refractivity contribution in [3.05, 3.63) is 83.3 Å². The first-order valence-electron chi connectivity index (χ1n) is 13.2. The summed E-state index contributed by atoms with van der Waals surface area (Å²) in [5.41, 5.74) is 3.59. The van der Waals surface area contributed by atoms with Gasteiger partial charge in [0.05, 0.1) is 6.04 Å². The van der Waals surface area contributed by atoms with Gasteiger partial charge in [-0.15, -0.1) is 0 Å². The molecule has 0 spiro atoms. The summed E-state index contributed by atoms with van der Waals surface area (Å²) in [5, 5.41) is 9.26. The molecule has 1 fully saturated rings. The molecule has 1 saturated heterocycles. The zero-order valence-corrected chi connectivity index (χ0v) is 22.2. The smallest absolute Gasteiger partial charge is 0.417 e. The van der Waals surface area contributed by atoms with Crippen molar-refractivity contribution in [1.29, 1.82) is 0 Å². The molecular formula is C31H35NO6. The van der Waals surface area contributed by atoms with Gasteiger partial charge in [0.15, 0.2) is 5.76 Å². The van der Waals surface area contributed by atoms with Crippen LogP contribution < -0.4 is 0 Å². The summed E-state index contributed by atoms with van der Waals surface area (Å²) in [6, 6.07) is 18.5. The Balaban J connectivity index is 1.73. The molecule has 1 N–H and O–H groups in total. The number of unbranched alkanes of at least 4 members (excludes halogenated alkanes) is 1. The van der Waals surface area contributed by atoms with Crippen molar-refractivity contribution in [1.82, 2.24) is 4.90 Å². The molecule has 0 saturated carbocycles. The summed E-state index contributed by atoms with van der Waals surface area (Å²) < 4.78 is 11.3. The van der Waals surface area contributed by atoms with Crippen LogP contribution in [0.3, 0.4) is 0 Å². The van der Waals surface area contributed by atoms with Crippen LogP contribution in [-0.2, 0) is 22.4 Å². The predicted molar refractivity (Wildman–Crippen MR) is 144 cm³/mol. The lowest BCUT2D eigenvalue weighted by atomic mass is 9.91. The molecule has 0 aliphatic carbocycles. The van der Waals surface area contributed by atoms with Crippen LogP contribution in [0.15, 0.2) is 65.1 Å². The van der Waals surface area contributed by atoms with Gasteiger partial charge in [0.25, 0.3) is 0 Å². The summed E-state index contributed by atoms with van der Waals surface area (Å²) in [6.07, 6.45) is 1.26. The second-order valence-electron chi connectivity index (χ2n) is 10.2. The van der Waals surface area contributed by atoms with E-state index in [9.17, 15) is 19.5 Å². The third-order valence-electron chi connectivity index (χ3n) is 7.00. The number of ketones is 1. The average Bonchev–Trinajstić information content (AvgIpc) is 3.51. The van der Waals surface area contributed by atoms with Crippen LogP contribution >= 0.6 is 0 Å². The van der Waals surface area contributed by atoms with E-state index in [-0.39, 0.29) is 31.3 Å². The highest BCUT2D eigenvalue weighted by molar-refractivity contribution is 6.12. The molecule has 1 aliphatic heterocycles. The van der Waals surface area contributed by atoms with Crippen molar-refractivity contribution in [2.24, 2.45) is 11.8 Å². The maximum absolute atomic E-state index is 14.0. The number of carbonyl (C=O) groups is 3. The number of nitrogens with zero attached hydrogens (tertiary/aromatic N) is 1. The molecule has 3 aromatic rings. The first kappa shape index (κ1) is 27.3. The number of hydrogen-bond acceptors (Lipinski definition) is 6. The third-order valence-corrected chi connectivity index (χ3v) is 7.00. The topological polar surface area (TPSA) is 97.1 Å². The second kappa shape index (κ2) is 12.2. The Hall–Kier alpha value is -3.71. The molecule has 200 valence electrons. The summed E-state index contributed by atoms with van der Waals surface area (Å²) in [6.45, 7) is 6.01. The van der Waals surface area contributed by atoms with Crippen molar-refractivity contribution in [2.75, 3.05) is 13.2 Å². The van der Waals surface area contributed by atoms with Gasteiger partial charge in [-0.1, -0.05) is 74.0 Å². The van der Waals surface area contributed by atoms with E-state index in [4.69, 9.17) is 9.15 Å². The molecule has 2 atom stereocenters. The van der Waals surface area contributed by atoms with E-state index in [1.54, 1.807) is 6.07 Å². The van der Waals surface area contributed by atoms with Crippen molar-refractivity contribution in [3.63, 3.8) is 0 Å². The van der Waals surface area contributed by atoms with Gasteiger partial charge in [-0.25, -0.2) is 9.69 Å². The number of amides is 2. The SMILES string of the molecule is Cc1cccc(-c2cc(C(=O)[C@H](Cc3ccccc3)C(=O)N3C(=O)OC[C@H]3C(C)C)oc2CCCCO)c1. The van der Waals surface area contributed by atoms with Crippen LogP contribution in [0, 0.1) is 18.8 Å². The van der Waals surface area contributed by atoms with Crippen molar-refractivity contribution in [2.45, 2.75) is 52.5 Å². The molecule has 7 nitrogen and oxygen atoms in total. The number of aliphatic hydroxyl groups is 1. The molecule has 7 heteroatoms. The molecule has 2 heterocycles. The molecule has 1 aromatic heterocycles. The monoisotopic (exact) mass is 517 g/mol. The fourth-order valence-electron chi connectivity index (χ4n) is 4.85. The molecule has 2 aromatic carbocycles. The van der Waals surface area contributed by atoms with Crippen molar-refractivity contribution < 1.29 is 28.6 Å². The standard InChI is InChI=1S/C31H35NO6/c1-20(2)26-19-37-31(36)32(26)30(35)25(17-22-11-5-4-6-12-22)29(34)28-18-24(23-13-9-10-21(3)16-23)27(38-28)14-7-8-15-33/h4-6,9-13,16,18,20,25-26,33H,7-8,14-15,17,19H2,1-3H3/t25-,26-/m0/s1. The van der Waals surface area contributed by atoms with Gasteiger partial charge in [0.1, 0.15) is 18.3 Å². The minimum Gasteiger partial charge on any atom is -0.457 e. The van der Waals surface area contributed by atoms with Gasteiger partial charge < -0.3 is 14.3 Å². The van der Waals surface area contributed by atoms with Crippen molar-refractivity contribution >= 4 is 17.8 Å². The minimum absolute atomic E-state index is 0.0208. The Labute approximate surface area is 223 Å². The van der Waals surface area contributed by atoms with E-state index in [1.165, 1.54) is 0 Å². The maximum Gasteiger partial charge on any atom is 0.417 e.